The molecule has 0 unspecified atom stereocenters. The molecule has 1 aromatic carbocycles. The number of H-pyrrole nitrogens is 1. The zero-order chi connectivity index (χ0) is 17.8. The van der Waals surface area contributed by atoms with Gasteiger partial charge in [0.15, 0.2) is 0 Å². The van der Waals surface area contributed by atoms with E-state index in [0.29, 0.717) is 48.9 Å². The molecule has 1 aliphatic heterocycles. The molecular weight excluding hydrogens is 322 g/mol. The van der Waals surface area contributed by atoms with Gasteiger partial charge in [-0.15, -0.1) is 0 Å². The van der Waals surface area contributed by atoms with Crippen LogP contribution in [-0.4, -0.2) is 67.0 Å². The highest BCUT2D eigenvalue weighted by Crippen LogP contribution is 2.29. The molecule has 2 amide bonds. The molecule has 1 aliphatic rings. The van der Waals surface area contributed by atoms with Gasteiger partial charge in [0.1, 0.15) is 22.8 Å². The number of amides is 2. The fourth-order valence-corrected chi connectivity index (χ4v) is 2.97. The summed E-state index contributed by atoms with van der Waals surface area (Å²) >= 11 is 0. The second kappa shape index (κ2) is 7.29. The molecule has 0 saturated carbocycles. The fraction of sp³-hybridized carbons (Fsp3) is 0.333. The van der Waals surface area contributed by atoms with Crippen molar-refractivity contribution in [2.45, 2.75) is 0 Å². The Labute approximate surface area is 146 Å². The average molecular weight is 343 g/mol. The first-order chi connectivity index (χ1) is 12.2. The first-order valence-electron chi connectivity index (χ1n) is 8.08. The van der Waals surface area contributed by atoms with Gasteiger partial charge in [0.25, 0.3) is 11.8 Å². The van der Waals surface area contributed by atoms with Crippen LogP contribution in [0.15, 0.2) is 36.5 Å². The average Bonchev–Trinajstić information content (AvgIpc) is 3.21. The molecule has 1 saturated heterocycles. The minimum absolute atomic E-state index is 0.0491. The molecular formula is C18H21N3O4. The normalized spacial score (nSPS) is 14.3. The third kappa shape index (κ3) is 3.31. The Balaban J connectivity index is 1.71. The highest BCUT2D eigenvalue weighted by Gasteiger charge is 2.29. The third-order valence-electron chi connectivity index (χ3n) is 4.32. The van der Waals surface area contributed by atoms with E-state index in [1.807, 2.05) is 0 Å². The van der Waals surface area contributed by atoms with Gasteiger partial charge in [0.2, 0.25) is 0 Å². The minimum atomic E-state index is -0.152. The maximum Gasteiger partial charge on any atom is 0.270 e. The second-order valence-electron chi connectivity index (χ2n) is 5.71. The van der Waals surface area contributed by atoms with E-state index in [4.69, 9.17) is 9.47 Å². The van der Waals surface area contributed by atoms with Crippen molar-refractivity contribution in [3.63, 3.8) is 0 Å². The molecule has 7 nitrogen and oxygen atoms in total. The number of ether oxygens (including phenoxy) is 2. The SMILES string of the molecule is COc1cccc(OC)c1C(=O)N1CCN(C(=O)c2ccc[nH]2)CC1. The van der Waals surface area contributed by atoms with Gasteiger partial charge < -0.3 is 24.3 Å². The van der Waals surface area contributed by atoms with Crippen LogP contribution in [0.1, 0.15) is 20.8 Å². The Hall–Kier alpha value is -2.96. The van der Waals surface area contributed by atoms with E-state index in [9.17, 15) is 9.59 Å². The third-order valence-corrected chi connectivity index (χ3v) is 4.32. The summed E-state index contributed by atoms with van der Waals surface area (Å²) in [7, 11) is 3.05. The van der Waals surface area contributed by atoms with Gasteiger partial charge in [-0.25, -0.2) is 0 Å². The van der Waals surface area contributed by atoms with Crippen LogP contribution in [0, 0.1) is 0 Å². The number of carbonyl (C=O) groups is 2. The number of hydrogen-bond donors (Lipinski definition) is 1. The van der Waals surface area contributed by atoms with Crippen LogP contribution in [0.2, 0.25) is 0 Å². The van der Waals surface area contributed by atoms with E-state index < -0.39 is 0 Å². The summed E-state index contributed by atoms with van der Waals surface area (Å²) in [5.74, 6) is 0.761. The molecule has 2 aromatic rings. The topological polar surface area (TPSA) is 74.9 Å². The summed E-state index contributed by atoms with van der Waals surface area (Å²) in [5.41, 5.74) is 0.975. The van der Waals surface area contributed by atoms with E-state index in [0.717, 1.165) is 0 Å². The molecule has 2 heterocycles. The Kier molecular flexibility index (Phi) is 4.92. The number of piperazine rings is 1. The van der Waals surface area contributed by atoms with Crippen molar-refractivity contribution in [2.24, 2.45) is 0 Å². The summed E-state index contributed by atoms with van der Waals surface area (Å²) in [6.45, 7) is 1.90. The zero-order valence-corrected chi connectivity index (χ0v) is 14.3. The second-order valence-corrected chi connectivity index (χ2v) is 5.71. The molecule has 25 heavy (non-hydrogen) atoms. The number of aromatic nitrogens is 1. The lowest BCUT2D eigenvalue weighted by Gasteiger charge is -2.35. The van der Waals surface area contributed by atoms with E-state index >= 15 is 0 Å². The molecule has 3 rings (SSSR count). The van der Waals surface area contributed by atoms with Crippen LogP contribution in [0.5, 0.6) is 11.5 Å². The number of carbonyl (C=O) groups excluding carboxylic acids is 2. The summed E-state index contributed by atoms with van der Waals surface area (Å²) in [6.07, 6.45) is 1.72. The monoisotopic (exact) mass is 343 g/mol. The first-order valence-corrected chi connectivity index (χ1v) is 8.08. The number of rotatable bonds is 4. The number of aromatic amines is 1. The Morgan fingerprint density at radius 1 is 0.880 bits per heavy atom. The lowest BCUT2D eigenvalue weighted by Crippen LogP contribution is -2.50. The Morgan fingerprint density at radius 3 is 1.92 bits per heavy atom. The number of nitrogens with one attached hydrogen (secondary N) is 1. The van der Waals surface area contributed by atoms with Crippen LogP contribution >= 0.6 is 0 Å². The number of hydrogen-bond acceptors (Lipinski definition) is 4. The highest BCUT2D eigenvalue weighted by atomic mass is 16.5. The van der Waals surface area contributed by atoms with E-state index in [1.165, 1.54) is 14.2 Å². The lowest BCUT2D eigenvalue weighted by molar-refractivity contribution is 0.0529. The van der Waals surface area contributed by atoms with Crippen LogP contribution in [0.25, 0.3) is 0 Å². The maximum atomic E-state index is 12.9. The molecule has 7 heteroatoms. The van der Waals surface area contributed by atoms with Crippen molar-refractivity contribution in [1.82, 2.24) is 14.8 Å². The van der Waals surface area contributed by atoms with Gasteiger partial charge >= 0.3 is 0 Å². The highest BCUT2D eigenvalue weighted by molar-refractivity contribution is 6.00. The molecule has 1 aromatic heterocycles. The molecule has 1 fully saturated rings. The molecule has 0 radical (unpaired) electrons. The standard InChI is InChI=1S/C18H21N3O4/c1-24-14-6-3-7-15(25-2)16(14)18(23)21-11-9-20(10-12-21)17(22)13-5-4-8-19-13/h3-8,19H,9-12H2,1-2H3. The predicted octanol–water partition coefficient (Wildman–Crippen LogP) is 1.63. The molecule has 0 atom stereocenters. The quantitative estimate of drug-likeness (QED) is 0.916. The van der Waals surface area contributed by atoms with Crippen LogP contribution in [0.3, 0.4) is 0 Å². The van der Waals surface area contributed by atoms with Crippen molar-refractivity contribution in [3.8, 4) is 11.5 Å². The maximum absolute atomic E-state index is 12.9. The largest absolute Gasteiger partial charge is 0.496 e. The predicted molar refractivity (Wildman–Crippen MR) is 92.1 cm³/mol. The van der Waals surface area contributed by atoms with Gasteiger partial charge in [-0.3, -0.25) is 9.59 Å². The van der Waals surface area contributed by atoms with Crippen molar-refractivity contribution >= 4 is 11.8 Å². The van der Waals surface area contributed by atoms with Gasteiger partial charge in [0.05, 0.1) is 14.2 Å². The van der Waals surface area contributed by atoms with E-state index in [2.05, 4.69) is 4.98 Å². The van der Waals surface area contributed by atoms with Gasteiger partial charge in [-0.05, 0) is 24.3 Å². The Bertz CT molecular complexity index is 727. The van der Waals surface area contributed by atoms with Crippen LogP contribution in [0.4, 0.5) is 0 Å². The molecule has 1 N–H and O–H groups in total. The van der Waals surface area contributed by atoms with Gasteiger partial charge in [-0.2, -0.15) is 0 Å². The minimum Gasteiger partial charge on any atom is -0.496 e. The summed E-state index contributed by atoms with van der Waals surface area (Å²) in [4.78, 5) is 31.7. The van der Waals surface area contributed by atoms with Crippen molar-refractivity contribution in [2.75, 3.05) is 40.4 Å². The number of benzene rings is 1. The van der Waals surface area contributed by atoms with Crippen LogP contribution < -0.4 is 9.47 Å². The molecule has 0 bridgehead atoms. The molecule has 0 aliphatic carbocycles. The number of nitrogens with zero attached hydrogens (tertiary/aromatic N) is 2. The van der Waals surface area contributed by atoms with Crippen molar-refractivity contribution in [1.29, 1.82) is 0 Å². The lowest BCUT2D eigenvalue weighted by atomic mass is 10.1. The van der Waals surface area contributed by atoms with E-state index in [-0.39, 0.29) is 11.8 Å². The van der Waals surface area contributed by atoms with Crippen molar-refractivity contribution < 1.29 is 19.1 Å². The first kappa shape index (κ1) is 16.9. The van der Waals surface area contributed by atoms with Gasteiger partial charge in [-0.1, -0.05) is 6.07 Å². The summed E-state index contributed by atoms with van der Waals surface area (Å²) in [6, 6.07) is 8.80. The van der Waals surface area contributed by atoms with Gasteiger partial charge in [0, 0.05) is 32.4 Å². The van der Waals surface area contributed by atoms with Crippen LogP contribution in [-0.2, 0) is 0 Å². The summed E-state index contributed by atoms with van der Waals surface area (Å²) < 4.78 is 10.6. The van der Waals surface area contributed by atoms with Crippen molar-refractivity contribution in [3.05, 3.63) is 47.8 Å². The van der Waals surface area contributed by atoms with E-state index in [1.54, 1.807) is 46.3 Å². The molecule has 132 valence electrons. The number of methoxy groups -OCH3 is 2. The smallest absolute Gasteiger partial charge is 0.270 e. The summed E-state index contributed by atoms with van der Waals surface area (Å²) in [5, 5.41) is 0. The molecule has 0 spiro atoms. The Morgan fingerprint density at radius 2 is 1.44 bits per heavy atom. The zero-order valence-electron chi connectivity index (χ0n) is 14.3. The fourth-order valence-electron chi connectivity index (χ4n) is 2.97.